The zero-order valence-corrected chi connectivity index (χ0v) is 15.3. The monoisotopic (exact) mass is 346 g/mol. The Morgan fingerprint density at radius 2 is 2.04 bits per heavy atom. The van der Waals surface area contributed by atoms with Gasteiger partial charge in [0.1, 0.15) is 25.3 Å². The summed E-state index contributed by atoms with van der Waals surface area (Å²) in [5.41, 5.74) is 9.58. The normalized spacial score (nSPS) is 18.2. The molecule has 2 aromatic rings. The fraction of sp³-hybridized carbons (Fsp3) is 0.421. The van der Waals surface area contributed by atoms with E-state index in [0.29, 0.717) is 11.7 Å². The summed E-state index contributed by atoms with van der Waals surface area (Å²) in [6, 6.07) is 3.88. The Balaban J connectivity index is 1.60. The molecular weight excluding hydrogens is 323 g/mol. The van der Waals surface area contributed by atoms with Gasteiger partial charge in [0.05, 0.1) is 11.1 Å². The van der Waals surface area contributed by atoms with E-state index in [-0.39, 0.29) is 5.54 Å². The van der Waals surface area contributed by atoms with Gasteiger partial charge in [-0.2, -0.15) is 0 Å². The quantitative estimate of drug-likeness (QED) is 0.484. The molecule has 2 aliphatic rings. The van der Waals surface area contributed by atoms with Crippen LogP contribution in [-0.4, -0.2) is 53.7 Å². The second-order valence-corrected chi connectivity index (χ2v) is 7.46. The topological polar surface area (TPSA) is 82.1 Å². The maximum Gasteiger partial charge on any atom is 0.134 e. The Labute approximate surface area is 155 Å². The molecule has 6 nitrogen and oxygen atoms in total. The largest absolute Gasteiger partial charge is 0.383 e. The van der Waals surface area contributed by atoms with Gasteiger partial charge in [-0.05, 0) is 43.9 Å². The summed E-state index contributed by atoms with van der Waals surface area (Å²) in [6.07, 6.45) is 5.69. The summed E-state index contributed by atoms with van der Waals surface area (Å²) >= 11 is 0. The first-order chi connectivity index (χ1) is 12.4. The van der Waals surface area contributed by atoms with Crippen molar-refractivity contribution in [3.63, 3.8) is 0 Å². The molecule has 2 radical (unpaired) electrons. The number of amidine groups is 1. The summed E-state index contributed by atoms with van der Waals surface area (Å²) in [5, 5.41) is 8.79. The number of nitrogens with two attached hydrogens (primary N) is 1. The Hall–Kier alpha value is -2.57. The molecule has 2 fully saturated rings. The number of hydrogen-bond acceptors (Lipinski definition) is 5. The lowest BCUT2D eigenvalue weighted by atomic mass is 9.94. The molecular formula is C19H23BN6. The van der Waals surface area contributed by atoms with Gasteiger partial charge in [0.15, 0.2) is 0 Å². The van der Waals surface area contributed by atoms with Crippen LogP contribution in [0.15, 0.2) is 24.5 Å². The fourth-order valence-electron chi connectivity index (χ4n) is 3.95. The van der Waals surface area contributed by atoms with Crippen LogP contribution in [0.4, 0.5) is 11.6 Å². The van der Waals surface area contributed by atoms with E-state index in [2.05, 4.69) is 19.8 Å². The van der Waals surface area contributed by atoms with E-state index < -0.39 is 0 Å². The molecule has 0 amide bonds. The fourth-order valence-corrected chi connectivity index (χ4v) is 3.95. The number of rotatable bonds is 2. The lowest BCUT2D eigenvalue weighted by Crippen LogP contribution is -2.58. The number of aromatic nitrogens is 2. The molecule has 132 valence electrons. The third-order valence-corrected chi connectivity index (χ3v) is 5.51. The second kappa shape index (κ2) is 6.00. The number of pyridine rings is 2. The van der Waals surface area contributed by atoms with Crippen LogP contribution in [0.25, 0.3) is 0 Å². The number of anilines is 2. The van der Waals surface area contributed by atoms with Gasteiger partial charge >= 0.3 is 0 Å². The molecule has 7 heteroatoms. The second-order valence-electron chi connectivity index (χ2n) is 7.46. The van der Waals surface area contributed by atoms with Crippen LogP contribution in [0.5, 0.6) is 0 Å². The van der Waals surface area contributed by atoms with Gasteiger partial charge in [-0.15, -0.1) is 0 Å². The van der Waals surface area contributed by atoms with Crippen molar-refractivity contribution in [1.82, 2.24) is 14.9 Å². The van der Waals surface area contributed by atoms with Crippen molar-refractivity contribution in [2.24, 2.45) is 0 Å². The molecule has 4 rings (SSSR count). The van der Waals surface area contributed by atoms with Crippen molar-refractivity contribution in [3.8, 4) is 0 Å². The summed E-state index contributed by atoms with van der Waals surface area (Å²) in [7, 11) is 6.20. The van der Waals surface area contributed by atoms with Gasteiger partial charge < -0.3 is 15.5 Å². The van der Waals surface area contributed by atoms with E-state index >= 15 is 0 Å². The summed E-state index contributed by atoms with van der Waals surface area (Å²) in [6.45, 7) is 6.34. The van der Waals surface area contributed by atoms with Crippen molar-refractivity contribution < 1.29 is 0 Å². The first kappa shape index (κ1) is 16.9. The minimum absolute atomic E-state index is 0.0247. The zero-order valence-electron chi connectivity index (χ0n) is 15.3. The molecule has 1 saturated heterocycles. The van der Waals surface area contributed by atoms with E-state index in [1.54, 1.807) is 6.20 Å². The molecule has 3 N–H and O–H groups in total. The maximum atomic E-state index is 8.79. The minimum atomic E-state index is -0.0247. The molecule has 1 aliphatic heterocycles. The van der Waals surface area contributed by atoms with Crippen molar-refractivity contribution in [3.05, 3.63) is 41.2 Å². The molecule has 0 bridgehead atoms. The highest BCUT2D eigenvalue weighted by Gasteiger charge is 2.53. The third-order valence-electron chi connectivity index (χ3n) is 5.51. The van der Waals surface area contributed by atoms with Gasteiger partial charge in [-0.25, -0.2) is 9.97 Å². The highest BCUT2D eigenvalue weighted by molar-refractivity contribution is 6.35. The predicted octanol–water partition coefficient (Wildman–Crippen LogP) is 1.15. The average molecular weight is 346 g/mol. The maximum absolute atomic E-state index is 8.79. The number of hydrogen-bond donors (Lipinski definition) is 2. The first-order valence-corrected chi connectivity index (χ1v) is 8.96. The lowest BCUT2D eigenvalue weighted by Gasteiger charge is -2.44. The Morgan fingerprint density at radius 3 is 2.69 bits per heavy atom. The number of nitrogens with zero attached hydrogens (tertiary/aromatic N) is 4. The van der Waals surface area contributed by atoms with Crippen LogP contribution >= 0.6 is 0 Å². The number of nitrogens with one attached hydrogen (secondary N) is 1. The Morgan fingerprint density at radius 1 is 1.27 bits per heavy atom. The number of piperazine rings is 1. The van der Waals surface area contributed by atoms with E-state index in [1.807, 2.05) is 32.2 Å². The van der Waals surface area contributed by atoms with E-state index in [4.69, 9.17) is 19.0 Å². The number of nitrogen functional groups attached to an aromatic ring is 1. The lowest BCUT2D eigenvalue weighted by molar-refractivity contribution is 0.258. The third kappa shape index (κ3) is 2.71. The smallest absolute Gasteiger partial charge is 0.134 e. The zero-order chi connectivity index (χ0) is 18.5. The standard InChI is InChI=1S/C19H23BN6/c1-12-9-14(20)18(24-10-12)25-7-8-26(19(11-25)4-5-19)17(22)15-13(2)3-6-23-16(15)21/h3,6,9-10,22H,4-5,7-8,11H2,1-2H3,(H2,21,23). The van der Waals surface area contributed by atoms with Gasteiger partial charge in [0.2, 0.25) is 0 Å². The van der Waals surface area contributed by atoms with E-state index in [9.17, 15) is 0 Å². The van der Waals surface area contributed by atoms with Crippen LogP contribution < -0.4 is 16.1 Å². The molecule has 0 unspecified atom stereocenters. The molecule has 2 aromatic heterocycles. The summed E-state index contributed by atoms with van der Waals surface area (Å²) in [5.74, 6) is 1.76. The van der Waals surface area contributed by atoms with Crippen LogP contribution in [0.2, 0.25) is 0 Å². The van der Waals surface area contributed by atoms with Crippen molar-refractivity contribution in [2.75, 3.05) is 30.3 Å². The number of aryl methyl sites for hydroxylation is 2. The van der Waals surface area contributed by atoms with Gasteiger partial charge in [0.25, 0.3) is 0 Å². The van der Waals surface area contributed by atoms with Crippen molar-refractivity contribution in [1.29, 1.82) is 5.41 Å². The SMILES string of the molecule is [B]c1cc(C)cnc1N1CCN(C(=N)c2c(C)ccnc2N)C2(CC2)C1. The summed E-state index contributed by atoms with van der Waals surface area (Å²) < 4.78 is 0. The van der Waals surface area contributed by atoms with Crippen molar-refractivity contribution >= 4 is 30.8 Å². The molecule has 0 atom stereocenters. The van der Waals surface area contributed by atoms with Gasteiger partial charge in [0, 0.05) is 32.0 Å². The summed E-state index contributed by atoms with van der Waals surface area (Å²) in [4.78, 5) is 13.2. The Bertz CT molecular complexity index is 856. The van der Waals surface area contributed by atoms with Crippen LogP contribution in [0.3, 0.4) is 0 Å². The molecule has 1 saturated carbocycles. The van der Waals surface area contributed by atoms with Crippen LogP contribution in [-0.2, 0) is 0 Å². The molecule has 1 spiro atoms. The highest BCUT2D eigenvalue weighted by Crippen LogP contribution is 2.45. The Kier molecular flexibility index (Phi) is 3.90. The molecule has 1 aliphatic carbocycles. The molecule has 0 aromatic carbocycles. The first-order valence-electron chi connectivity index (χ1n) is 8.96. The van der Waals surface area contributed by atoms with Crippen molar-refractivity contribution in [2.45, 2.75) is 32.2 Å². The van der Waals surface area contributed by atoms with Gasteiger partial charge in [-0.3, -0.25) is 5.41 Å². The molecule has 3 heterocycles. The van der Waals surface area contributed by atoms with Gasteiger partial charge in [-0.1, -0.05) is 11.5 Å². The van der Waals surface area contributed by atoms with E-state index in [1.165, 1.54) is 0 Å². The highest BCUT2D eigenvalue weighted by atomic mass is 15.4. The predicted molar refractivity (Wildman–Crippen MR) is 105 cm³/mol. The average Bonchev–Trinajstić information content (AvgIpc) is 3.34. The van der Waals surface area contributed by atoms with Crippen LogP contribution in [0, 0.1) is 19.3 Å². The van der Waals surface area contributed by atoms with Crippen LogP contribution in [0.1, 0.15) is 29.5 Å². The van der Waals surface area contributed by atoms with E-state index in [0.717, 1.165) is 60.4 Å². The minimum Gasteiger partial charge on any atom is -0.383 e. The molecule has 26 heavy (non-hydrogen) atoms.